The van der Waals surface area contributed by atoms with Crippen LogP contribution in [0.2, 0.25) is 0 Å². The van der Waals surface area contributed by atoms with Gasteiger partial charge in [0, 0.05) is 19.6 Å². The SMILES string of the molecule is CC1CCC(CNC(=O)N2CC=CCC2)(C(=O)O)CC1. The summed E-state index contributed by atoms with van der Waals surface area (Å²) in [4.78, 5) is 25.4. The molecule has 5 nitrogen and oxygen atoms in total. The first-order chi connectivity index (χ1) is 9.53. The predicted molar refractivity (Wildman–Crippen MR) is 76.4 cm³/mol. The van der Waals surface area contributed by atoms with E-state index in [1.54, 1.807) is 4.90 Å². The molecule has 0 atom stereocenters. The molecular weight excluding hydrogens is 256 g/mol. The summed E-state index contributed by atoms with van der Waals surface area (Å²) in [6.45, 7) is 3.72. The molecular formula is C15H24N2O3. The molecule has 0 unspecified atom stereocenters. The average molecular weight is 280 g/mol. The molecule has 0 aromatic heterocycles. The van der Waals surface area contributed by atoms with Crippen LogP contribution in [0.1, 0.15) is 39.0 Å². The zero-order chi connectivity index (χ0) is 14.6. The minimum atomic E-state index is -0.775. The standard InChI is InChI=1S/C15H24N2O3/c1-12-5-7-15(8-6-12,13(18)19)11-16-14(20)17-9-3-2-4-10-17/h2-3,12H,4-11H2,1H3,(H,16,20)(H,18,19). The highest BCUT2D eigenvalue weighted by atomic mass is 16.4. The van der Waals surface area contributed by atoms with Gasteiger partial charge in [0.05, 0.1) is 5.41 Å². The molecule has 112 valence electrons. The second-order valence-corrected chi connectivity index (χ2v) is 6.13. The number of carbonyl (C=O) groups is 2. The fraction of sp³-hybridized carbons (Fsp3) is 0.733. The van der Waals surface area contributed by atoms with Crippen molar-refractivity contribution in [2.24, 2.45) is 11.3 Å². The average Bonchev–Trinajstić information content (AvgIpc) is 2.47. The molecule has 5 heteroatoms. The second kappa shape index (κ2) is 6.29. The van der Waals surface area contributed by atoms with Crippen molar-refractivity contribution in [2.75, 3.05) is 19.6 Å². The molecule has 2 rings (SSSR count). The lowest BCUT2D eigenvalue weighted by molar-refractivity contribution is -0.151. The summed E-state index contributed by atoms with van der Waals surface area (Å²) in [5.74, 6) is -0.186. The third-order valence-corrected chi connectivity index (χ3v) is 4.61. The van der Waals surface area contributed by atoms with Gasteiger partial charge in [-0.25, -0.2) is 4.79 Å². The molecule has 0 bridgehead atoms. The summed E-state index contributed by atoms with van der Waals surface area (Å²) in [6, 6.07) is -0.145. The van der Waals surface area contributed by atoms with E-state index in [9.17, 15) is 14.7 Å². The number of nitrogens with zero attached hydrogens (tertiary/aromatic N) is 1. The van der Waals surface area contributed by atoms with E-state index in [2.05, 4.69) is 18.3 Å². The highest BCUT2D eigenvalue weighted by molar-refractivity contribution is 5.78. The van der Waals surface area contributed by atoms with Crippen molar-refractivity contribution in [3.8, 4) is 0 Å². The lowest BCUT2D eigenvalue weighted by atomic mass is 9.71. The third kappa shape index (κ3) is 3.32. The number of carboxylic acid groups (broad SMARTS) is 1. The minimum Gasteiger partial charge on any atom is -0.481 e. The number of nitrogens with one attached hydrogen (secondary N) is 1. The van der Waals surface area contributed by atoms with Gasteiger partial charge in [0.1, 0.15) is 0 Å². The van der Waals surface area contributed by atoms with E-state index in [1.165, 1.54) is 0 Å². The number of amides is 2. The van der Waals surface area contributed by atoms with Gasteiger partial charge in [-0.3, -0.25) is 4.79 Å². The molecule has 0 spiro atoms. The molecule has 0 aromatic rings. The van der Waals surface area contributed by atoms with E-state index in [4.69, 9.17) is 0 Å². The van der Waals surface area contributed by atoms with Crippen LogP contribution < -0.4 is 5.32 Å². The Bertz CT molecular complexity index is 398. The van der Waals surface area contributed by atoms with Crippen LogP contribution in [0.4, 0.5) is 4.79 Å². The smallest absolute Gasteiger partial charge is 0.317 e. The van der Waals surface area contributed by atoms with Gasteiger partial charge >= 0.3 is 12.0 Å². The normalized spacial score (nSPS) is 30.1. The predicted octanol–water partition coefficient (Wildman–Crippen LogP) is 2.24. The Morgan fingerprint density at radius 3 is 2.60 bits per heavy atom. The molecule has 0 saturated heterocycles. The number of carbonyl (C=O) groups excluding carboxylic acids is 1. The second-order valence-electron chi connectivity index (χ2n) is 6.13. The Balaban J connectivity index is 1.90. The fourth-order valence-electron chi connectivity index (χ4n) is 2.96. The van der Waals surface area contributed by atoms with Crippen LogP contribution in [0.25, 0.3) is 0 Å². The van der Waals surface area contributed by atoms with Crippen LogP contribution in [0.15, 0.2) is 12.2 Å². The van der Waals surface area contributed by atoms with E-state index >= 15 is 0 Å². The van der Waals surface area contributed by atoms with Crippen LogP contribution >= 0.6 is 0 Å². The summed E-state index contributed by atoms with van der Waals surface area (Å²) in [6.07, 6.45) is 8.06. The van der Waals surface area contributed by atoms with E-state index in [1.807, 2.05) is 6.08 Å². The van der Waals surface area contributed by atoms with Crippen LogP contribution in [0.5, 0.6) is 0 Å². The Kier molecular flexibility index (Phi) is 4.68. The molecule has 1 saturated carbocycles. The number of hydrogen-bond acceptors (Lipinski definition) is 2. The number of hydrogen-bond donors (Lipinski definition) is 2. The van der Waals surface area contributed by atoms with Crippen molar-refractivity contribution in [1.82, 2.24) is 10.2 Å². The molecule has 2 aliphatic rings. The van der Waals surface area contributed by atoms with Crippen LogP contribution in [0, 0.1) is 11.3 Å². The molecule has 1 aliphatic heterocycles. The molecule has 2 amide bonds. The maximum absolute atomic E-state index is 12.1. The summed E-state index contributed by atoms with van der Waals surface area (Å²) in [5, 5.41) is 12.4. The zero-order valence-corrected chi connectivity index (χ0v) is 12.1. The van der Waals surface area contributed by atoms with Gasteiger partial charge in [0.2, 0.25) is 0 Å². The molecule has 2 N–H and O–H groups in total. The molecule has 20 heavy (non-hydrogen) atoms. The van der Waals surface area contributed by atoms with E-state index in [0.717, 1.165) is 19.3 Å². The minimum absolute atomic E-state index is 0.145. The third-order valence-electron chi connectivity index (χ3n) is 4.61. The van der Waals surface area contributed by atoms with Gasteiger partial charge in [-0.2, -0.15) is 0 Å². The Hall–Kier alpha value is -1.52. The number of carboxylic acids is 1. The largest absolute Gasteiger partial charge is 0.481 e. The lowest BCUT2D eigenvalue weighted by Crippen LogP contribution is -2.49. The van der Waals surface area contributed by atoms with Crippen LogP contribution in [0.3, 0.4) is 0 Å². The zero-order valence-electron chi connectivity index (χ0n) is 12.1. The first kappa shape index (κ1) is 14.9. The van der Waals surface area contributed by atoms with Gasteiger partial charge in [-0.05, 0) is 38.0 Å². The van der Waals surface area contributed by atoms with Gasteiger partial charge in [-0.1, -0.05) is 19.1 Å². The summed E-state index contributed by atoms with van der Waals surface area (Å²) in [7, 11) is 0. The highest BCUT2D eigenvalue weighted by Gasteiger charge is 2.41. The monoisotopic (exact) mass is 280 g/mol. The van der Waals surface area contributed by atoms with Crippen molar-refractivity contribution < 1.29 is 14.7 Å². The van der Waals surface area contributed by atoms with Crippen molar-refractivity contribution in [1.29, 1.82) is 0 Å². The summed E-state index contributed by atoms with van der Waals surface area (Å²) < 4.78 is 0. The highest BCUT2D eigenvalue weighted by Crippen LogP contribution is 2.38. The Labute approximate surface area is 120 Å². The Morgan fingerprint density at radius 1 is 1.35 bits per heavy atom. The van der Waals surface area contributed by atoms with Crippen LogP contribution in [-0.4, -0.2) is 41.6 Å². The van der Waals surface area contributed by atoms with E-state index in [0.29, 0.717) is 31.8 Å². The van der Waals surface area contributed by atoms with Gasteiger partial charge in [0.25, 0.3) is 0 Å². The number of urea groups is 1. The Morgan fingerprint density at radius 2 is 2.05 bits per heavy atom. The number of aliphatic carboxylic acids is 1. The van der Waals surface area contributed by atoms with Gasteiger partial charge in [-0.15, -0.1) is 0 Å². The van der Waals surface area contributed by atoms with Crippen molar-refractivity contribution in [3.63, 3.8) is 0 Å². The first-order valence-electron chi connectivity index (χ1n) is 7.45. The van der Waals surface area contributed by atoms with Crippen LogP contribution in [-0.2, 0) is 4.79 Å². The summed E-state index contributed by atoms with van der Waals surface area (Å²) >= 11 is 0. The number of rotatable bonds is 3. The lowest BCUT2D eigenvalue weighted by Gasteiger charge is -2.36. The van der Waals surface area contributed by atoms with Gasteiger partial charge in [0.15, 0.2) is 0 Å². The van der Waals surface area contributed by atoms with E-state index in [-0.39, 0.29) is 12.6 Å². The maximum Gasteiger partial charge on any atom is 0.317 e. The van der Waals surface area contributed by atoms with Crippen molar-refractivity contribution in [3.05, 3.63) is 12.2 Å². The molecule has 1 fully saturated rings. The molecule has 1 heterocycles. The van der Waals surface area contributed by atoms with Crippen molar-refractivity contribution in [2.45, 2.75) is 39.0 Å². The topological polar surface area (TPSA) is 69.6 Å². The maximum atomic E-state index is 12.1. The van der Waals surface area contributed by atoms with E-state index < -0.39 is 11.4 Å². The molecule has 0 aromatic carbocycles. The fourth-order valence-corrected chi connectivity index (χ4v) is 2.96. The molecule has 1 aliphatic carbocycles. The van der Waals surface area contributed by atoms with Crippen molar-refractivity contribution >= 4 is 12.0 Å². The summed E-state index contributed by atoms with van der Waals surface area (Å²) in [5.41, 5.74) is -0.770. The van der Waals surface area contributed by atoms with Gasteiger partial charge < -0.3 is 15.3 Å². The quantitative estimate of drug-likeness (QED) is 0.779. The molecule has 0 radical (unpaired) electrons. The first-order valence-corrected chi connectivity index (χ1v) is 7.45.